The summed E-state index contributed by atoms with van der Waals surface area (Å²) in [6.45, 7) is 0.800. The zero-order chi connectivity index (χ0) is 26.2. The zero-order valence-corrected chi connectivity index (χ0v) is 20.9. The summed E-state index contributed by atoms with van der Waals surface area (Å²) in [6, 6.07) is 11.2. The molecule has 12 heteroatoms. The van der Waals surface area contributed by atoms with E-state index in [1.165, 1.54) is 21.2 Å². The van der Waals surface area contributed by atoms with Crippen molar-refractivity contribution in [1.82, 2.24) is 24.2 Å². The van der Waals surface area contributed by atoms with E-state index in [1.54, 1.807) is 29.3 Å². The van der Waals surface area contributed by atoms with Gasteiger partial charge in [0, 0.05) is 67.0 Å². The van der Waals surface area contributed by atoms with Crippen LogP contribution in [-0.2, 0) is 7.05 Å². The van der Waals surface area contributed by atoms with Crippen molar-refractivity contribution in [1.29, 1.82) is 10.8 Å². The molecule has 4 aromatic rings. The number of nitrogens with zero attached hydrogens (tertiary/aromatic N) is 6. The molecule has 4 heterocycles. The third kappa shape index (κ3) is 5.86. The Morgan fingerprint density at radius 1 is 1.00 bits per heavy atom. The molecule has 37 heavy (non-hydrogen) atoms. The Bertz CT molecular complexity index is 1500. The third-order valence-electron chi connectivity index (χ3n) is 6.20. The molecule has 1 aromatic carbocycles. The summed E-state index contributed by atoms with van der Waals surface area (Å²) in [5, 5.41) is 22.2. The third-order valence-corrected chi connectivity index (χ3v) is 7.08. The molecule has 0 saturated carbocycles. The first-order valence-corrected chi connectivity index (χ1v) is 12.4. The standard InChI is InChI=1S/C25H25F3N8S/c1-33-14-19(12-32-33)17-2-5-23(29)36(15-17)24(30)37-21-3-4-22-18(11-21)10-20(13-31-22)35-8-6-34(7-9-35)16-25(26,27)28/h2-5,10-15,29-30H,6-9,16H2,1H3. The lowest BCUT2D eigenvalue weighted by Crippen LogP contribution is -2.49. The number of pyridine rings is 2. The minimum atomic E-state index is -4.19. The van der Waals surface area contributed by atoms with Gasteiger partial charge in [-0.25, -0.2) is 0 Å². The van der Waals surface area contributed by atoms with Crippen LogP contribution in [0.1, 0.15) is 0 Å². The monoisotopic (exact) mass is 526 g/mol. The number of aryl methyl sites for hydroxylation is 1. The van der Waals surface area contributed by atoms with E-state index in [-0.39, 0.29) is 10.7 Å². The van der Waals surface area contributed by atoms with Gasteiger partial charge in [0.2, 0.25) is 0 Å². The molecule has 0 spiro atoms. The Morgan fingerprint density at radius 2 is 1.78 bits per heavy atom. The highest BCUT2D eigenvalue weighted by molar-refractivity contribution is 8.13. The van der Waals surface area contributed by atoms with E-state index in [4.69, 9.17) is 10.8 Å². The number of nitrogens with one attached hydrogen (secondary N) is 2. The number of fused-ring (bicyclic) bond motifs is 1. The molecule has 3 aromatic heterocycles. The number of halogens is 3. The molecule has 0 unspecified atom stereocenters. The second-order valence-electron chi connectivity index (χ2n) is 8.91. The van der Waals surface area contributed by atoms with Crippen LogP contribution in [0.3, 0.4) is 0 Å². The van der Waals surface area contributed by atoms with Gasteiger partial charge >= 0.3 is 6.18 Å². The average Bonchev–Trinajstić information content (AvgIpc) is 3.29. The fourth-order valence-corrected chi connectivity index (χ4v) is 5.12. The molecular weight excluding hydrogens is 501 g/mol. The van der Waals surface area contributed by atoms with Crippen LogP contribution in [-0.4, -0.2) is 68.3 Å². The number of hydrogen-bond donors (Lipinski definition) is 2. The van der Waals surface area contributed by atoms with E-state index >= 15 is 0 Å². The van der Waals surface area contributed by atoms with E-state index in [9.17, 15) is 13.2 Å². The Morgan fingerprint density at radius 3 is 2.49 bits per heavy atom. The van der Waals surface area contributed by atoms with Crippen molar-refractivity contribution in [3.63, 3.8) is 0 Å². The maximum atomic E-state index is 12.7. The number of piperazine rings is 1. The molecule has 0 atom stereocenters. The number of rotatable bonds is 4. The van der Waals surface area contributed by atoms with Gasteiger partial charge in [0.05, 0.1) is 30.1 Å². The summed E-state index contributed by atoms with van der Waals surface area (Å²) in [7, 11) is 1.84. The molecule has 192 valence electrons. The van der Waals surface area contributed by atoms with Crippen molar-refractivity contribution in [3.8, 4) is 11.1 Å². The van der Waals surface area contributed by atoms with Crippen LogP contribution < -0.4 is 10.4 Å². The van der Waals surface area contributed by atoms with Crippen LogP contribution in [0.4, 0.5) is 18.9 Å². The zero-order valence-electron chi connectivity index (χ0n) is 20.0. The predicted molar refractivity (Wildman–Crippen MR) is 138 cm³/mol. The van der Waals surface area contributed by atoms with Crippen LogP contribution in [0, 0.1) is 10.8 Å². The quantitative estimate of drug-likeness (QED) is 0.237. The van der Waals surface area contributed by atoms with Crippen LogP contribution in [0.2, 0.25) is 0 Å². The summed E-state index contributed by atoms with van der Waals surface area (Å²) in [4.78, 5) is 8.83. The van der Waals surface area contributed by atoms with Crippen molar-refractivity contribution in [2.45, 2.75) is 11.1 Å². The molecule has 1 aliphatic rings. The van der Waals surface area contributed by atoms with Gasteiger partial charge in [-0.3, -0.25) is 30.0 Å². The minimum absolute atomic E-state index is 0.181. The van der Waals surface area contributed by atoms with Gasteiger partial charge in [0.25, 0.3) is 0 Å². The van der Waals surface area contributed by atoms with Crippen molar-refractivity contribution in [2.24, 2.45) is 7.05 Å². The van der Waals surface area contributed by atoms with Crippen molar-refractivity contribution in [3.05, 3.63) is 66.7 Å². The van der Waals surface area contributed by atoms with Crippen LogP contribution in [0.25, 0.3) is 22.0 Å². The summed E-state index contributed by atoms with van der Waals surface area (Å²) in [6.07, 6.45) is 2.94. The molecule has 0 aliphatic carbocycles. The van der Waals surface area contributed by atoms with Gasteiger partial charge in [0.15, 0.2) is 5.17 Å². The van der Waals surface area contributed by atoms with Crippen LogP contribution in [0.5, 0.6) is 0 Å². The highest BCUT2D eigenvalue weighted by Crippen LogP contribution is 2.28. The number of anilines is 1. The molecule has 5 rings (SSSR count). The summed E-state index contributed by atoms with van der Waals surface area (Å²) < 4.78 is 41.3. The molecule has 8 nitrogen and oxygen atoms in total. The fraction of sp³-hybridized carbons (Fsp3) is 0.280. The average molecular weight is 527 g/mol. The maximum absolute atomic E-state index is 12.7. The Labute approximate surface area is 215 Å². The molecule has 1 aliphatic heterocycles. The van der Waals surface area contributed by atoms with E-state index in [2.05, 4.69) is 10.1 Å². The highest BCUT2D eigenvalue weighted by Gasteiger charge is 2.32. The molecule has 1 fully saturated rings. The molecule has 0 bridgehead atoms. The van der Waals surface area contributed by atoms with Gasteiger partial charge in [-0.15, -0.1) is 0 Å². The van der Waals surface area contributed by atoms with Gasteiger partial charge in [-0.2, -0.15) is 18.3 Å². The molecule has 2 N–H and O–H groups in total. The van der Waals surface area contributed by atoms with Crippen molar-refractivity contribution in [2.75, 3.05) is 37.6 Å². The minimum Gasteiger partial charge on any atom is -0.368 e. The lowest BCUT2D eigenvalue weighted by molar-refractivity contribution is -0.146. The first-order chi connectivity index (χ1) is 17.6. The Hall–Kier alpha value is -3.64. The second-order valence-corrected chi connectivity index (χ2v) is 9.97. The SMILES string of the molecule is Cn1cc(-c2ccc(=N)n(C(=N)Sc3ccc4ncc(N5CCN(CC(F)(F)F)CC5)cc4c3)c2)cn1. The molecule has 1 saturated heterocycles. The van der Waals surface area contributed by atoms with Gasteiger partial charge < -0.3 is 4.90 Å². The number of thioether (sulfide) groups is 1. The molecule has 0 radical (unpaired) electrons. The largest absolute Gasteiger partial charge is 0.401 e. The second kappa shape index (κ2) is 10.0. The number of benzene rings is 1. The summed E-state index contributed by atoms with van der Waals surface area (Å²) in [5.74, 6) is 0. The van der Waals surface area contributed by atoms with Crippen LogP contribution in [0.15, 0.2) is 66.1 Å². The van der Waals surface area contributed by atoms with Crippen LogP contribution >= 0.6 is 11.8 Å². The van der Waals surface area contributed by atoms with Gasteiger partial charge in [0.1, 0.15) is 5.49 Å². The molecular formula is C25H25F3N8S. The van der Waals surface area contributed by atoms with Crippen molar-refractivity contribution >= 4 is 33.5 Å². The Kier molecular flexibility index (Phi) is 6.78. The topological polar surface area (TPSA) is 89.8 Å². The van der Waals surface area contributed by atoms with E-state index in [0.717, 1.165) is 32.6 Å². The summed E-state index contributed by atoms with van der Waals surface area (Å²) >= 11 is 1.23. The normalized spacial score (nSPS) is 14.9. The number of aromatic nitrogens is 4. The Balaban J connectivity index is 1.32. The predicted octanol–water partition coefficient (Wildman–Crippen LogP) is 4.18. The van der Waals surface area contributed by atoms with Crippen molar-refractivity contribution < 1.29 is 13.2 Å². The van der Waals surface area contributed by atoms with Gasteiger partial charge in [-0.1, -0.05) is 11.8 Å². The lowest BCUT2D eigenvalue weighted by Gasteiger charge is -2.36. The van der Waals surface area contributed by atoms with E-state index in [1.807, 2.05) is 48.5 Å². The van der Waals surface area contributed by atoms with Gasteiger partial charge in [-0.05, 0) is 36.4 Å². The van der Waals surface area contributed by atoms with E-state index < -0.39 is 12.7 Å². The summed E-state index contributed by atoms with van der Waals surface area (Å²) in [5.41, 5.74) is 3.61. The first kappa shape index (κ1) is 25.0. The number of alkyl halides is 3. The van der Waals surface area contributed by atoms with E-state index in [0.29, 0.717) is 26.2 Å². The number of hydrogen-bond acceptors (Lipinski definition) is 7. The lowest BCUT2D eigenvalue weighted by atomic mass is 10.2. The smallest absolute Gasteiger partial charge is 0.368 e. The maximum Gasteiger partial charge on any atom is 0.401 e. The first-order valence-electron chi connectivity index (χ1n) is 11.6. The fourth-order valence-electron chi connectivity index (χ4n) is 4.32. The molecule has 0 amide bonds. The highest BCUT2D eigenvalue weighted by atomic mass is 32.2.